The van der Waals surface area contributed by atoms with Crippen LogP contribution in [-0.4, -0.2) is 70.5 Å². The number of nitrogens with one attached hydrogen (secondary N) is 1. The van der Waals surface area contributed by atoms with Crippen molar-refractivity contribution < 1.29 is 22.7 Å². The number of sulfonamides is 1. The van der Waals surface area contributed by atoms with Crippen molar-refractivity contribution in [3.05, 3.63) is 72.8 Å². The number of rotatable bonds is 8. The molecule has 184 valence electrons. The van der Waals surface area contributed by atoms with Crippen molar-refractivity contribution in [2.24, 2.45) is 0 Å². The number of benzene rings is 3. The van der Waals surface area contributed by atoms with Gasteiger partial charge in [-0.1, -0.05) is 42.5 Å². The Morgan fingerprint density at radius 1 is 0.914 bits per heavy atom. The molecule has 0 bridgehead atoms. The molecule has 3 aromatic carbocycles. The molecule has 0 aliphatic carbocycles. The zero-order valence-electron chi connectivity index (χ0n) is 19.8. The van der Waals surface area contributed by atoms with Crippen molar-refractivity contribution in [3.8, 4) is 22.6 Å². The van der Waals surface area contributed by atoms with Gasteiger partial charge >= 0.3 is 0 Å². The number of anilines is 1. The Morgan fingerprint density at radius 3 is 2.23 bits per heavy atom. The lowest BCUT2D eigenvalue weighted by atomic mass is 10.1. The average Bonchev–Trinajstić information content (AvgIpc) is 2.88. The van der Waals surface area contributed by atoms with Crippen molar-refractivity contribution in [3.63, 3.8) is 0 Å². The van der Waals surface area contributed by atoms with Crippen molar-refractivity contribution in [2.45, 2.75) is 4.90 Å². The number of methoxy groups -OCH3 is 1. The summed E-state index contributed by atoms with van der Waals surface area (Å²) in [5, 5.41) is 2.71. The van der Waals surface area contributed by atoms with E-state index < -0.39 is 15.9 Å². The molecule has 1 heterocycles. The van der Waals surface area contributed by atoms with Crippen LogP contribution < -0.4 is 14.8 Å². The van der Waals surface area contributed by atoms with Crippen LogP contribution in [-0.2, 0) is 14.8 Å². The second kappa shape index (κ2) is 10.9. The zero-order valence-corrected chi connectivity index (χ0v) is 20.6. The van der Waals surface area contributed by atoms with Crippen LogP contribution in [0.3, 0.4) is 0 Å². The SMILES string of the molecule is COc1ccc(S(=O)(=O)N2CCN(C)CC2)cc1NC(=O)COc1ccc(-c2ccccc2)cc1. The Hall–Kier alpha value is -3.40. The van der Waals surface area contributed by atoms with E-state index in [2.05, 4.69) is 10.2 Å². The Labute approximate surface area is 206 Å². The van der Waals surface area contributed by atoms with E-state index in [9.17, 15) is 13.2 Å². The van der Waals surface area contributed by atoms with Gasteiger partial charge in [-0.05, 0) is 48.5 Å². The van der Waals surface area contributed by atoms with Gasteiger partial charge < -0.3 is 19.7 Å². The zero-order chi connectivity index (χ0) is 24.8. The van der Waals surface area contributed by atoms with Crippen LogP contribution in [0.2, 0.25) is 0 Å². The monoisotopic (exact) mass is 495 g/mol. The van der Waals surface area contributed by atoms with E-state index >= 15 is 0 Å². The highest BCUT2D eigenvalue weighted by molar-refractivity contribution is 7.89. The molecule has 3 aromatic rings. The number of ether oxygens (including phenoxy) is 2. The summed E-state index contributed by atoms with van der Waals surface area (Å²) in [5.41, 5.74) is 2.41. The van der Waals surface area contributed by atoms with Crippen LogP contribution in [0.1, 0.15) is 0 Å². The summed E-state index contributed by atoms with van der Waals surface area (Å²) in [6.07, 6.45) is 0. The first-order valence-corrected chi connectivity index (χ1v) is 12.8. The molecule has 9 heteroatoms. The molecular weight excluding hydrogens is 466 g/mol. The van der Waals surface area contributed by atoms with E-state index in [1.54, 1.807) is 18.2 Å². The topological polar surface area (TPSA) is 88.2 Å². The molecule has 35 heavy (non-hydrogen) atoms. The van der Waals surface area contributed by atoms with E-state index in [4.69, 9.17) is 9.47 Å². The first kappa shape index (κ1) is 24.7. The van der Waals surface area contributed by atoms with Crippen LogP contribution >= 0.6 is 0 Å². The quantitative estimate of drug-likeness (QED) is 0.516. The molecule has 0 radical (unpaired) electrons. The third-order valence-corrected chi connectivity index (χ3v) is 7.77. The fourth-order valence-corrected chi connectivity index (χ4v) is 5.28. The van der Waals surface area contributed by atoms with E-state index in [0.717, 1.165) is 11.1 Å². The lowest BCUT2D eigenvalue weighted by molar-refractivity contribution is -0.118. The van der Waals surface area contributed by atoms with Gasteiger partial charge in [-0.2, -0.15) is 4.31 Å². The van der Waals surface area contributed by atoms with Gasteiger partial charge in [-0.25, -0.2) is 8.42 Å². The molecule has 0 saturated carbocycles. The first-order chi connectivity index (χ1) is 16.9. The van der Waals surface area contributed by atoms with Crippen LogP contribution in [0.4, 0.5) is 5.69 Å². The molecule has 0 atom stereocenters. The summed E-state index contributed by atoms with van der Waals surface area (Å²) in [7, 11) is -0.257. The Bertz CT molecular complexity index is 1260. The largest absolute Gasteiger partial charge is 0.495 e. The first-order valence-electron chi connectivity index (χ1n) is 11.3. The van der Waals surface area contributed by atoms with E-state index in [-0.39, 0.29) is 17.2 Å². The summed E-state index contributed by atoms with van der Waals surface area (Å²) >= 11 is 0. The van der Waals surface area contributed by atoms with Crippen LogP contribution in [0.5, 0.6) is 11.5 Å². The second-order valence-corrected chi connectivity index (χ2v) is 10.2. The molecule has 1 aliphatic rings. The Morgan fingerprint density at radius 2 is 1.57 bits per heavy atom. The average molecular weight is 496 g/mol. The van der Waals surface area contributed by atoms with Crippen LogP contribution in [0.25, 0.3) is 11.1 Å². The van der Waals surface area contributed by atoms with E-state index in [0.29, 0.717) is 37.7 Å². The minimum absolute atomic E-state index is 0.107. The van der Waals surface area contributed by atoms with Crippen molar-refractivity contribution in [1.29, 1.82) is 0 Å². The summed E-state index contributed by atoms with van der Waals surface area (Å²) < 4.78 is 38.6. The molecule has 0 aromatic heterocycles. The van der Waals surface area contributed by atoms with E-state index in [1.165, 1.54) is 23.5 Å². The van der Waals surface area contributed by atoms with Crippen molar-refractivity contribution in [2.75, 3.05) is 52.3 Å². The molecule has 0 unspecified atom stereocenters. The van der Waals surface area contributed by atoms with Crippen LogP contribution in [0.15, 0.2) is 77.7 Å². The highest BCUT2D eigenvalue weighted by atomic mass is 32.2. The van der Waals surface area contributed by atoms with Gasteiger partial charge in [-0.15, -0.1) is 0 Å². The predicted octanol–water partition coefficient (Wildman–Crippen LogP) is 3.32. The standard InChI is InChI=1S/C26H29N3O5S/c1-28-14-16-29(17-15-28)35(31,32)23-12-13-25(33-2)24(18-23)27-26(30)19-34-22-10-8-21(9-11-22)20-6-4-3-5-7-20/h3-13,18H,14-17,19H2,1-2H3,(H,27,30). The number of hydrogen-bond acceptors (Lipinski definition) is 6. The van der Waals surface area contributed by atoms with Crippen LogP contribution in [0, 0.1) is 0 Å². The fraction of sp³-hybridized carbons (Fsp3) is 0.269. The van der Waals surface area contributed by atoms with Gasteiger partial charge in [0.15, 0.2) is 6.61 Å². The van der Waals surface area contributed by atoms with Gasteiger partial charge in [0.1, 0.15) is 11.5 Å². The number of piperazine rings is 1. The highest BCUT2D eigenvalue weighted by Gasteiger charge is 2.28. The van der Waals surface area contributed by atoms with E-state index in [1.807, 2.05) is 49.5 Å². The van der Waals surface area contributed by atoms with Crippen molar-refractivity contribution >= 4 is 21.6 Å². The third kappa shape index (κ3) is 6.00. The Balaban J connectivity index is 1.41. The van der Waals surface area contributed by atoms with Gasteiger partial charge in [0, 0.05) is 26.2 Å². The maximum atomic E-state index is 13.1. The van der Waals surface area contributed by atoms with Crippen molar-refractivity contribution in [1.82, 2.24) is 9.21 Å². The lowest BCUT2D eigenvalue weighted by Gasteiger charge is -2.31. The molecule has 1 N–H and O–H groups in total. The number of carbonyl (C=O) groups excluding carboxylic acids is 1. The summed E-state index contributed by atoms with van der Waals surface area (Å²) in [5.74, 6) is 0.491. The Kier molecular flexibility index (Phi) is 7.70. The normalized spacial score (nSPS) is 14.9. The fourth-order valence-electron chi connectivity index (χ4n) is 3.83. The minimum atomic E-state index is -3.68. The third-order valence-electron chi connectivity index (χ3n) is 5.88. The lowest BCUT2D eigenvalue weighted by Crippen LogP contribution is -2.47. The number of nitrogens with zero attached hydrogens (tertiary/aromatic N) is 2. The molecule has 1 amide bonds. The summed E-state index contributed by atoms with van der Waals surface area (Å²) in [6, 6.07) is 21.9. The predicted molar refractivity (Wildman–Crippen MR) is 135 cm³/mol. The van der Waals surface area contributed by atoms with Gasteiger partial charge in [0.2, 0.25) is 10.0 Å². The smallest absolute Gasteiger partial charge is 0.262 e. The maximum Gasteiger partial charge on any atom is 0.262 e. The number of likely N-dealkylation sites (N-methyl/N-ethyl adjacent to an activating group) is 1. The molecule has 1 aliphatic heterocycles. The van der Waals surface area contributed by atoms with Gasteiger partial charge in [0.25, 0.3) is 5.91 Å². The second-order valence-electron chi connectivity index (χ2n) is 8.30. The number of carbonyl (C=O) groups is 1. The number of amides is 1. The van der Waals surface area contributed by atoms with Gasteiger partial charge in [-0.3, -0.25) is 4.79 Å². The summed E-state index contributed by atoms with van der Waals surface area (Å²) in [4.78, 5) is 14.8. The molecule has 1 fully saturated rings. The summed E-state index contributed by atoms with van der Waals surface area (Å²) in [6.45, 7) is 1.95. The molecular formula is C26H29N3O5S. The molecule has 0 spiro atoms. The maximum absolute atomic E-state index is 13.1. The number of hydrogen-bond donors (Lipinski definition) is 1. The minimum Gasteiger partial charge on any atom is -0.495 e. The molecule has 8 nitrogen and oxygen atoms in total. The van der Waals surface area contributed by atoms with Gasteiger partial charge in [0.05, 0.1) is 17.7 Å². The molecule has 1 saturated heterocycles. The molecule has 4 rings (SSSR count). The highest BCUT2D eigenvalue weighted by Crippen LogP contribution is 2.29.